The van der Waals surface area contributed by atoms with E-state index >= 15 is 0 Å². The highest BCUT2D eigenvalue weighted by Gasteiger charge is 2.13. The van der Waals surface area contributed by atoms with Crippen molar-refractivity contribution in [2.75, 3.05) is 0 Å². The summed E-state index contributed by atoms with van der Waals surface area (Å²) >= 11 is 0. The lowest BCUT2D eigenvalue weighted by molar-refractivity contribution is 0.369. The molecule has 0 aliphatic heterocycles. The predicted molar refractivity (Wildman–Crippen MR) is 61.0 cm³/mol. The van der Waals surface area contributed by atoms with Crippen molar-refractivity contribution in [3.63, 3.8) is 0 Å². The maximum absolute atomic E-state index is 4.07. The molecule has 0 aromatic carbocycles. The fourth-order valence-corrected chi connectivity index (χ4v) is 1.68. The highest BCUT2D eigenvalue weighted by Crippen LogP contribution is 2.12. The van der Waals surface area contributed by atoms with Crippen LogP contribution in [0.1, 0.15) is 53.9 Å². The molecule has 0 spiro atoms. The summed E-state index contributed by atoms with van der Waals surface area (Å²) in [5.41, 5.74) is 1.58. The van der Waals surface area contributed by atoms with Crippen molar-refractivity contribution < 1.29 is 0 Å². The highest BCUT2D eigenvalue weighted by atomic mass is 15.0. The third-order valence-corrected chi connectivity index (χ3v) is 1.88. The number of nitrogens with one attached hydrogen (secondary N) is 1. The Bertz CT molecular complexity index is 153. The minimum atomic E-state index is 0.214. The first-order valence-corrected chi connectivity index (χ1v) is 5.29. The average Bonchev–Trinajstić information content (AvgIpc) is 1.81. The number of hydrogen-bond acceptors (Lipinski definition) is 1. The molecule has 1 heteroatoms. The van der Waals surface area contributed by atoms with Gasteiger partial charge in [-0.05, 0) is 40.5 Å². The van der Waals surface area contributed by atoms with Gasteiger partial charge in [0.2, 0.25) is 0 Å². The second kappa shape index (κ2) is 5.43. The van der Waals surface area contributed by atoms with Crippen LogP contribution in [0.15, 0.2) is 12.2 Å². The average molecular weight is 183 g/mol. The van der Waals surface area contributed by atoms with Crippen LogP contribution in [-0.4, -0.2) is 11.6 Å². The standard InChI is InChI=1S/C12H25N/c1-7-8-10(2)9-11(3)13-12(4,5)6/h11,13H,2,7-9H2,1,3-6H3. The third-order valence-electron chi connectivity index (χ3n) is 1.88. The van der Waals surface area contributed by atoms with Crippen LogP contribution in [-0.2, 0) is 0 Å². The quantitative estimate of drug-likeness (QED) is 0.643. The Morgan fingerprint density at radius 3 is 2.31 bits per heavy atom. The van der Waals surface area contributed by atoms with Crippen molar-refractivity contribution >= 4 is 0 Å². The zero-order chi connectivity index (χ0) is 10.5. The van der Waals surface area contributed by atoms with Crippen LogP contribution in [0.5, 0.6) is 0 Å². The molecule has 13 heavy (non-hydrogen) atoms. The Kier molecular flexibility index (Phi) is 5.31. The second-order valence-electron chi connectivity index (χ2n) is 5.00. The van der Waals surface area contributed by atoms with Gasteiger partial charge in [-0.2, -0.15) is 0 Å². The van der Waals surface area contributed by atoms with Gasteiger partial charge in [0.25, 0.3) is 0 Å². The molecule has 1 nitrogen and oxygen atoms in total. The minimum Gasteiger partial charge on any atom is -0.309 e. The molecule has 0 saturated carbocycles. The Morgan fingerprint density at radius 2 is 1.92 bits per heavy atom. The van der Waals surface area contributed by atoms with Crippen LogP contribution in [0.2, 0.25) is 0 Å². The van der Waals surface area contributed by atoms with E-state index in [9.17, 15) is 0 Å². The summed E-state index contributed by atoms with van der Waals surface area (Å²) in [4.78, 5) is 0. The highest BCUT2D eigenvalue weighted by molar-refractivity contribution is 4.97. The van der Waals surface area contributed by atoms with E-state index in [1.54, 1.807) is 0 Å². The van der Waals surface area contributed by atoms with E-state index in [2.05, 4.69) is 46.5 Å². The second-order valence-corrected chi connectivity index (χ2v) is 5.00. The van der Waals surface area contributed by atoms with E-state index in [4.69, 9.17) is 0 Å². The number of rotatable bonds is 5. The van der Waals surface area contributed by atoms with E-state index in [1.807, 2.05) is 0 Å². The molecule has 1 unspecified atom stereocenters. The van der Waals surface area contributed by atoms with Crippen molar-refractivity contribution in [3.8, 4) is 0 Å². The van der Waals surface area contributed by atoms with Gasteiger partial charge in [0, 0.05) is 11.6 Å². The van der Waals surface area contributed by atoms with Crippen molar-refractivity contribution in [1.29, 1.82) is 0 Å². The molecule has 0 rings (SSSR count). The molecular weight excluding hydrogens is 158 g/mol. The molecule has 78 valence electrons. The van der Waals surface area contributed by atoms with E-state index in [0.29, 0.717) is 6.04 Å². The molecule has 0 aliphatic rings. The Hall–Kier alpha value is -0.300. The zero-order valence-electron chi connectivity index (χ0n) is 9.91. The lowest BCUT2D eigenvalue weighted by atomic mass is 10.0. The Morgan fingerprint density at radius 1 is 1.38 bits per heavy atom. The van der Waals surface area contributed by atoms with Crippen molar-refractivity contribution in [2.45, 2.75) is 65.5 Å². The van der Waals surface area contributed by atoms with Crippen molar-refractivity contribution in [1.82, 2.24) is 5.32 Å². The van der Waals surface area contributed by atoms with Crippen LogP contribution < -0.4 is 5.32 Å². The molecule has 0 radical (unpaired) electrons. The smallest absolute Gasteiger partial charge is 0.00991 e. The van der Waals surface area contributed by atoms with Crippen LogP contribution in [0.4, 0.5) is 0 Å². The summed E-state index contributed by atoms with van der Waals surface area (Å²) in [6.45, 7) is 15.1. The maximum atomic E-state index is 4.07. The summed E-state index contributed by atoms with van der Waals surface area (Å²) < 4.78 is 0. The molecule has 0 amide bonds. The van der Waals surface area contributed by atoms with Gasteiger partial charge in [0.15, 0.2) is 0 Å². The van der Waals surface area contributed by atoms with Gasteiger partial charge in [0.05, 0.1) is 0 Å². The summed E-state index contributed by atoms with van der Waals surface area (Å²) in [6.07, 6.45) is 3.47. The maximum Gasteiger partial charge on any atom is 0.00991 e. The summed E-state index contributed by atoms with van der Waals surface area (Å²) in [7, 11) is 0. The SMILES string of the molecule is C=C(CCC)CC(C)NC(C)(C)C. The monoisotopic (exact) mass is 183 g/mol. The van der Waals surface area contributed by atoms with Gasteiger partial charge in [-0.25, -0.2) is 0 Å². The molecule has 0 heterocycles. The zero-order valence-corrected chi connectivity index (χ0v) is 9.91. The Balaban J connectivity index is 3.74. The fourth-order valence-electron chi connectivity index (χ4n) is 1.68. The molecule has 0 bridgehead atoms. The van der Waals surface area contributed by atoms with Gasteiger partial charge in [0.1, 0.15) is 0 Å². The van der Waals surface area contributed by atoms with Gasteiger partial charge < -0.3 is 5.32 Å². The van der Waals surface area contributed by atoms with E-state index in [-0.39, 0.29) is 5.54 Å². The number of hydrogen-bond donors (Lipinski definition) is 1. The lowest BCUT2D eigenvalue weighted by Gasteiger charge is -2.26. The molecule has 0 aliphatic carbocycles. The summed E-state index contributed by atoms with van der Waals surface area (Å²) in [6, 6.07) is 0.541. The molecular formula is C12H25N. The summed E-state index contributed by atoms with van der Waals surface area (Å²) in [5.74, 6) is 0. The molecule has 0 aromatic rings. The van der Waals surface area contributed by atoms with Crippen molar-refractivity contribution in [3.05, 3.63) is 12.2 Å². The van der Waals surface area contributed by atoms with Gasteiger partial charge in [-0.3, -0.25) is 0 Å². The summed E-state index contributed by atoms with van der Waals surface area (Å²) in [5, 5.41) is 3.55. The molecule has 0 saturated heterocycles. The van der Waals surface area contributed by atoms with Crippen molar-refractivity contribution in [2.24, 2.45) is 0 Å². The van der Waals surface area contributed by atoms with Crippen LogP contribution in [0.25, 0.3) is 0 Å². The molecule has 1 N–H and O–H groups in total. The Labute approximate surface area is 83.6 Å². The van der Waals surface area contributed by atoms with E-state index in [0.717, 1.165) is 12.8 Å². The van der Waals surface area contributed by atoms with Gasteiger partial charge >= 0.3 is 0 Å². The first kappa shape index (κ1) is 12.7. The lowest BCUT2D eigenvalue weighted by Crippen LogP contribution is -2.42. The van der Waals surface area contributed by atoms with Gasteiger partial charge in [-0.15, -0.1) is 0 Å². The third kappa shape index (κ3) is 8.04. The largest absolute Gasteiger partial charge is 0.309 e. The fraction of sp³-hybridized carbons (Fsp3) is 0.833. The minimum absolute atomic E-state index is 0.214. The van der Waals surface area contributed by atoms with Crippen LogP contribution in [0.3, 0.4) is 0 Å². The van der Waals surface area contributed by atoms with E-state index < -0.39 is 0 Å². The molecule has 0 aromatic heterocycles. The van der Waals surface area contributed by atoms with Gasteiger partial charge in [-0.1, -0.05) is 25.5 Å². The first-order chi connectivity index (χ1) is 5.85. The molecule has 0 fully saturated rings. The topological polar surface area (TPSA) is 12.0 Å². The van der Waals surface area contributed by atoms with Crippen LogP contribution >= 0.6 is 0 Å². The van der Waals surface area contributed by atoms with E-state index in [1.165, 1.54) is 12.0 Å². The van der Waals surface area contributed by atoms with Crippen LogP contribution in [0, 0.1) is 0 Å². The predicted octanol–water partition coefficient (Wildman–Crippen LogP) is 3.51. The first-order valence-electron chi connectivity index (χ1n) is 5.29. The molecule has 1 atom stereocenters. The normalized spacial score (nSPS) is 14.2.